The summed E-state index contributed by atoms with van der Waals surface area (Å²) in [4.78, 5) is 25.7. The Labute approximate surface area is 118 Å². The van der Waals surface area contributed by atoms with Gasteiger partial charge in [0.1, 0.15) is 17.9 Å². The standard InChI is InChI=1S/C15H19FN2O2/c1-4-13-15(20)18(10(3)14(19)17-13)8-11-7-12(16)6-5-9(11)2/h5-7,10,13H,4,8H2,1-3H3,(H,17,19). The second-order valence-corrected chi connectivity index (χ2v) is 5.18. The third kappa shape index (κ3) is 2.66. The molecule has 2 amide bonds. The van der Waals surface area contributed by atoms with Gasteiger partial charge in [-0.3, -0.25) is 9.59 Å². The zero-order chi connectivity index (χ0) is 14.9. The van der Waals surface area contributed by atoms with E-state index in [0.717, 1.165) is 11.1 Å². The predicted octanol–water partition coefficient (Wildman–Crippen LogP) is 1.76. The van der Waals surface area contributed by atoms with Crippen LogP contribution < -0.4 is 5.32 Å². The summed E-state index contributed by atoms with van der Waals surface area (Å²) in [6.07, 6.45) is 0.552. The molecule has 1 aliphatic rings. The number of hydrogen-bond acceptors (Lipinski definition) is 2. The number of rotatable bonds is 3. The van der Waals surface area contributed by atoms with Crippen LogP contribution in [0.15, 0.2) is 18.2 Å². The average Bonchev–Trinajstić information content (AvgIpc) is 2.42. The zero-order valence-corrected chi connectivity index (χ0v) is 11.9. The Morgan fingerprint density at radius 3 is 2.70 bits per heavy atom. The maximum Gasteiger partial charge on any atom is 0.246 e. The van der Waals surface area contributed by atoms with Gasteiger partial charge in [-0.25, -0.2) is 4.39 Å². The molecule has 1 heterocycles. The minimum Gasteiger partial charge on any atom is -0.343 e. The summed E-state index contributed by atoms with van der Waals surface area (Å²) in [5.41, 5.74) is 1.64. The topological polar surface area (TPSA) is 49.4 Å². The van der Waals surface area contributed by atoms with E-state index in [1.165, 1.54) is 17.0 Å². The largest absolute Gasteiger partial charge is 0.343 e. The molecule has 1 saturated heterocycles. The molecule has 5 heteroatoms. The van der Waals surface area contributed by atoms with Gasteiger partial charge in [-0.05, 0) is 43.5 Å². The quantitative estimate of drug-likeness (QED) is 0.916. The highest BCUT2D eigenvalue weighted by atomic mass is 19.1. The molecule has 108 valence electrons. The van der Waals surface area contributed by atoms with Gasteiger partial charge in [0.2, 0.25) is 11.8 Å². The lowest BCUT2D eigenvalue weighted by Crippen LogP contribution is -2.61. The number of nitrogens with zero attached hydrogens (tertiary/aromatic N) is 1. The van der Waals surface area contributed by atoms with Crippen LogP contribution in [0.1, 0.15) is 31.4 Å². The van der Waals surface area contributed by atoms with Crippen LogP contribution in [0.2, 0.25) is 0 Å². The van der Waals surface area contributed by atoms with Crippen molar-refractivity contribution in [3.63, 3.8) is 0 Å². The number of benzene rings is 1. The fourth-order valence-electron chi connectivity index (χ4n) is 2.37. The second-order valence-electron chi connectivity index (χ2n) is 5.18. The molecule has 1 fully saturated rings. The Bertz CT molecular complexity index is 545. The first-order valence-corrected chi connectivity index (χ1v) is 6.80. The van der Waals surface area contributed by atoms with Gasteiger partial charge in [0.05, 0.1) is 0 Å². The van der Waals surface area contributed by atoms with E-state index in [-0.39, 0.29) is 24.2 Å². The van der Waals surface area contributed by atoms with E-state index in [2.05, 4.69) is 5.32 Å². The van der Waals surface area contributed by atoms with Gasteiger partial charge in [-0.15, -0.1) is 0 Å². The zero-order valence-electron chi connectivity index (χ0n) is 11.9. The normalized spacial score (nSPS) is 22.9. The van der Waals surface area contributed by atoms with Gasteiger partial charge in [0, 0.05) is 6.54 Å². The Morgan fingerprint density at radius 1 is 1.35 bits per heavy atom. The van der Waals surface area contributed by atoms with Gasteiger partial charge in [0.25, 0.3) is 0 Å². The number of amides is 2. The molecule has 1 aliphatic heterocycles. The SMILES string of the molecule is CCC1NC(=O)C(C)N(Cc2cc(F)ccc2C)C1=O. The van der Waals surface area contributed by atoms with Crippen molar-refractivity contribution >= 4 is 11.8 Å². The summed E-state index contributed by atoms with van der Waals surface area (Å²) in [5, 5.41) is 2.70. The fraction of sp³-hybridized carbons (Fsp3) is 0.467. The maximum atomic E-state index is 13.3. The van der Waals surface area contributed by atoms with Gasteiger partial charge in [0.15, 0.2) is 0 Å². The lowest BCUT2D eigenvalue weighted by Gasteiger charge is -2.37. The molecular formula is C15H19FN2O2. The van der Waals surface area contributed by atoms with Crippen LogP contribution in [0.4, 0.5) is 4.39 Å². The molecule has 1 N–H and O–H groups in total. The maximum absolute atomic E-state index is 13.3. The average molecular weight is 278 g/mol. The van der Waals surface area contributed by atoms with Crippen LogP contribution >= 0.6 is 0 Å². The van der Waals surface area contributed by atoms with E-state index < -0.39 is 12.1 Å². The third-order valence-electron chi connectivity index (χ3n) is 3.80. The monoisotopic (exact) mass is 278 g/mol. The molecule has 1 aromatic carbocycles. The van der Waals surface area contributed by atoms with E-state index in [1.54, 1.807) is 13.0 Å². The summed E-state index contributed by atoms with van der Waals surface area (Å²) in [6, 6.07) is 3.48. The van der Waals surface area contributed by atoms with Gasteiger partial charge >= 0.3 is 0 Å². The highest BCUT2D eigenvalue weighted by Crippen LogP contribution is 2.19. The highest BCUT2D eigenvalue weighted by molar-refractivity contribution is 5.96. The van der Waals surface area contributed by atoms with Gasteiger partial charge < -0.3 is 10.2 Å². The molecule has 0 aromatic heterocycles. The van der Waals surface area contributed by atoms with Crippen LogP contribution in [0.5, 0.6) is 0 Å². The van der Waals surface area contributed by atoms with Crippen LogP contribution in [0.3, 0.4) is 0 Å². The molecule has 0 radical (unpaired) electrons. The smallest absolute Gasteiger partial charge is 0.246 e. The first kappa shape index (κ1) is 14.5. The van der Waals surface area contributed by atoms with E-state index >= 15 is 0 Å². The van der Waals surface area contributed by atoms with Crippen molar-refractivity contribution in [1.82, 2.24) is 10.2 Å². The number of hydrogen-bond donors (Lipinski definition) is 1. The molecule has 0 saturated carbocycles. The molecule has 4 nitrogen and oxygen atoms in total. The van der Waals surface area contributed by atoms with E-state index in [9.17, 15) is 14.0 Å². The number of carbonyl (C=O) groups is 2. The number of aryl methyl sites for hydroxylation is 1. The lowest BCUT2D eigenvalue weighted by atomic mass is 10.0. The summed E-state index contributed by atoms with van der Waals surface area (Å²) in [6.45, 7) is 5.66. The van der Waals surface area contributed by atoms with Crippen molar-refractivity contribution < 1.29 is 14.0 Å². The number of piperazine rings is 1. The first-order chi connectivity index (χ1) is 9.43. The summed E-state index contributed by atoms with van der Waals surface area (Å²) >= 11 is 0. The molecule has 2 atom stereocenters. The van der Waals surface area contributed by atoms with Crippen LogP contribution in [-0.4, -0.2) is 28.8 Å². The van der Waals surface area contributed by atoms with Crippen molar-refractivity contribution in [3.8, 4) is 0 Å². The molecule has 0 spiro atoms. The summed E-state index contributed by atoms with van der Waals surface area (Å²) in [7, 11) is 0. The number of halogens is 1. The van der Waals surface area contributed by atoms with Crippen LogP contribution in [-0.2, 0) is 16.1 Å². The molecular weight excluding hydrogens is 259 g/mol. The number of nitrogens with one attached hydrogen (secondary N) is 1. The summed E-state index contributed by atoms with van der Waals surface area (Å²) in [5.74, 6) is -0.604. The highest BCUT2D eigenvalue weighted by Gasteiger charge is 2.37. The van der Waals surface area contributed by atoms with Crippen LogP contribution in [0.25, 0.3) is 0 Å². The van der Waals surface area contributed by atoms with Gasteiger partial charge in [-0.2, -0.15) is 0 Å². The minimum atomic E-state index is -0.534. The number of carbonyl (C=O) groups excluding carboxylic acids is 2. The van der Waals surface area contributed by atoms with Gasteiger partial charge in [-0.1, -0.05) is 13.0 Å². The van der Waals surface area contributed by atoms with Crippen molar-refractivity contribution in [2.45, 2.75) is 45.8 Å². The van der Waals surface area contributed by atoms with E-state index in [0.29, 0.717) is 6.42 Å². The molecule has 2 unspecified atom stereocenters. The Kier molecular flexibility index (Phi) is 4.06. The molecule has 0 aliphatic carbocycles. The predicted molar refractivity (Wildman–Crippen MR) is 73.4 cm³/mol. The van der Waals surface area contributed by atoms with Crippen molar-refractivity contribution in [2.75, 3.05) is 0 Å². The Balaban J connectivity index is 2.27. The second kappa shape index (κ2) is 5.61. The van der Waals surface area contributed by atoms with Crippen molar-refractivity contribution in [3.05, 3.63) is 35.1 Å². The van der Waals surface area contributed by atoms with Crippen molar-refractivity contribution in [1.29, 1.82) is 0 Å². The van der Waals surface area contributed by atoms with E-state index in [1.807, 2.05) is 13.8 Å². The third-order valence-corrected chi connectivity index (χ3v) is 3.80. The van der Waals surface area contributed by atoms with Crippen molar-refractivity contribution in [2.24, 2.45) is 0 Å². The summed E-state index contributed by atoms with van der Waals surface area (Å²) < 4.78 is 13.3. The first-order valence-electron chi connectivity index (χ1n) is 6.80. The minimum absolute atomic E-state index is 0.108. The Hall–Kier alpha value is -1.91. The molecule has 0 bridgehead atoms. The molecule has 20 heavy (non-hydrogen) atoms. The molecule has 2 rings (SSSR count). The van der Waals surface area contributed by atoms with Crippen LogP contribution in [0, 0.1) is 12.7 Å². The lowest BCUT2D eigenvalue weighted by molar-refractivity contribution is -0.149. The van der Waals surface area contributed by atoms with E-state index in [4.69, 9.17) is 0 Å². The molecule has 1 aromatic rings. The Morgan fingerprint density at radius 2 is 2.05 bits per heavy atom. The fourth-order valence-corrected chi connectivity index (χ4v) is 2.37.